The van der Waals surface area contributed by atoms with Gasteiger partial charge in [0, 0.05) is 6.92 Å². The summed E-state index contributed by atoms with van der Waals surface area (Å²) in [6, 6.07) is 2.29. The minimum Gasteiger partial charge on any atom is -0.463 e. The summed E-state index contributed by atoms with van der Waals surface area (Å²) in [5.41, 5.74) is 0.577. The first kappa shape index (κ1) is 18.3. The molecule has 0 heterocycles. The Labute approximate surface area is 146 Å². The van der Waals surface area contributed by atoms with Crippen LogP contribution in [0.15, 0.2) is 12.1 Å². The molecule has 5 heteroatoms. The quantitative estimate of drug-likeness (QED) is 0.529. The molecule has 2 aliphatic rings. The largest absolute Gasteiger partial charge is 0.463 e. The Hall–Kier alpha value is -1.52. The number of ether oxygens (including phenoxy) is 1. The molecule has 2 saturated carbocycles. The molecule has 0 radical (unpaired) electrons. The van der Waals surface area contributed by atoms with Gasteiger partial charge in [-0.15, -0.1) is 0 Å². The van der Waals surface area contributed by atoms with E-state index in [-0.39, 0.29) is 18.0 Å². The molecular weight excluding hydrogens is 329 g/mol. The topological polar surface area (TPSA) is 26.3 Å². The molecule has 2 fully saturated rings. The second-order valence-electron chi connectivity index (χ2n) is 7.56. The van der Waals surface area contributed by atoms with Crippen molar-refractivity contribution in [3.8, 4) is 0 Å². The van der Waals surface area contributed by atoms with E-state index in [1.165, 1.54) is 6.92 Å². The average Bonchev–Trinajstić information content (AvgIpc) is 2.59. The van der Waals surface area contributed by atoms with Crippen LogP contribution in [-0.4, -0.2) is 12.1 Å². The van der Waals surface area contributed by atoms with Crippen LogP contribution >= 0.6 is 0 Å². The van der Waals surface area contributed by atoms with E-state index in [2.05, 4.69) is 0 Å². The Morgan fingerprint density at radius 2 is 1.36 bits per heavy atom. The van der Waals surface area contributed by atoms with Crippen LogP contribution in [0.3, 0.4) is 0 Å². The number of halogens is 3. The average molecular weight is 354 g/mol. The molecule has 2 aliphatic carbocycles. The molecule has 0 aromatic heterocycles. The van der Waals surface area contributed by atoms with E-state index in [1.807, 2.05) is 0 Å². The van der Waals surface area contributed by atoms with Gasteiger partial charge >= 0.3 is 5.97 Å². The first-order chi connectivity index (χ1) is 11.9. The van der Waals surface area contributed by atoms with Crippen LogP contribution in [0.2, 0.25) is 0 Å². The van der Waals surface area contributed by atoms with Crippen LogP contribution in [0.5, 0.6) is 0 Å². The summed E-state index contributed by atoms with van der Waals surface area (Å²) in [5.74, 6) is -2.40. The fourth-order valence-electron chi connectivity index (χ4n) is 4.65. The smallest absolute Gasteiger partial charge is 0.302 e. The van der Waals surface area contributed by atoms with E-state index < -0.39 is 17.5 Å². The summed E-state index contributed by atoms with van der Waals surface area (Å²) < 4.78 is 45.3. The van der Waals surface area contributed by atoms with Crippen molar-refractivity contribution in [3.05, 3.63) is 35.1 Å². The van der Waals surface area contributed by atoms with Crippen molar-refractivity contribution in [2.75, 3.05) is 0 Å². The minimum atomic E-state index is -1.39. The maximum absolute atomic E-state index is 13.4. The molecule has 3 rings (SSSR count). The van der Waals surface area contributed by atoms with Crippen molar-refractivity contribution in [1.82, 2.24) is 0 Å². The maximum Gasteiger partial charge on any atom is 0.302 e. The molecule has 1 aromatic rings. The van der Waals surface area contributed by atoms with Crippen molar-refractivity contribution in [3.63, 3.8) is 0 Å². The first-order valence-corrected chi connectivity index (χ1v) is 9.25. The fraction of sp³-hybridized carbons (Fsp3) is 0.650. The fourth-order valence-corrected chi connectivity index (χ4v) is 4.65. The zero-order valence-electron chi connectivity index (χ0n) is 14.6. The van der Waals surface area contributed by atoms with Gasteiger partial charge in [0.1, 0.15) is 6.10 Å². The second-order valence-corrected chi connectivity index (χ2v) is 7.56. The Morgan fingerprint density at radius 1 is 0.880 bits per heavy atom. The van der Waals surface area contributed by atoms with Crippen molar-refractivity contribution in [1.29, 1.82) is 0 Å². The third-order valence-electron chi connectivity index (χ3n) is 5.97. The highest BCUT2D eigenvalue weighted by Crippen LogP contribution is 2.43. The predicted octanol–water partition coefficient (Wildman–Crippen LogP) is 5.50. The molecule has 2 nitrogen and oxygen atoms in total. The van der Waals surface area contributed by atoms with E-state index in [0.717, 1.165) is 63.5 Å². The summed E-state index contributed by atoms with van der Waals surface area (Å²) in [4.78, 5) is 11.0. The van der Waals surface area contributed by atoms with Gasteiger partial charge in [0.05, 0.1) is 0 Å². The van der Waals surface area contributed by atoms with Crippen molar-refractivity contribution < 1.29 is 22.7 Å². The van der Waals surface area contributed by atoms with Gasteiger partial charge in [-0.25, -0.2) is 13.2 Å². The molecule has 138 valence electrons. The Balaban J connectivity index is 1.52. The van der Waals surface area contributed by atoms with Gasteiger partial charge in [0.2, 0.25) is 0 Å². The highest BCUT2D eigenvalue weighted by atomic mass is 19.2. The molecule has 0 bridgehead atoms. The van der Waals surface area contributed by atoms with Crippen LogP contribution in [-0.2, 0) is 9.53 Å². The van der Waals surface area contributed by atoms with Crippen LogP contribution < -0.4 is 0 Å². The van der Waals surface area contributed by atoms with E-state index in [4.69, 9.17) is 4.74 Å². The van der Waals surface area contributed by atoms with Gasteiger partial charge in [-0.3, -0.25) is 4.79 Å². The van der Waals surface area contributed by atoms with Gasteiger partial charge in [-0.05, 0) is 86.8 Å². The zero-order valence-corrected chi connectivity index (χ0v) is 14.6. The molecule has 0 aliphatic heterocycles. The molecule has 25 heavy (non-hydrogen) atoms. The van der Waals surface area contributed by atoms with E-state index >= 15 is 0 Å². The summed E-state index contributed by atoms with van der Waals surface area (Å²) >= 11 is 0. The van der Waals surface area contributed by atoms with Gasteiger partial charge in [0.15, 0.2) is 17.5 Å². The van der Waals surface area contributed by atoms with E-state index in [1.54, 1.807) is 0 Å². The zero-order chi connectivity index (χ0) is 18.0. The van der Waals surface area contributed by atoms with Gasteiger partial charge in [0.25, 0.3) is 0 Å². The number of benzene rings is 1. The number of carbonyl (C=O) groups is 1. The minimum absolute atomic E-state index is 0.0651. The molecule has 0 saturated heterocycles. The van der Waals surface area contributed by atoms with Gasteiger partial charge < -0.3 is 4.74 Å². The highest BCUT2D eigenvalue weighted by molar-refractivity contribution is 5.66. The number of hydrogen-bond donors (Lipinski definition) is 0. The Morgan fingerprint density at radius 3 is 1.84 bits per heavy atom. The molecule has 0 spiro atoms. The number of rotatable bonds is 3. The third-order valence-corrected chi connectivity index (χ3v) is 5.97. The Bertz CT molecular complexity index is 592. The summed E-state index contributed by atoms with van der Waals surface area (Å²) in [6.45, 7) is 1.45. The number of carbonyl (C=O) groups excluding carboxylic acids is 1. The molecule has 0 N–H and O–H groups in total. The highest BCUT2D eigenvalue weighted by Gasteiger charge is 2.32. The summed E-state index contributed by atoms with van der Waals surface area (Å²) in [5, 5.41) is 0. The van der Waals surface area contributed by atoms with Crippen molar-refractivity contribution in [2.45, 2.75) is 70.3 Å². The molecular formula is C20H25F3O2. The van der Waals surface area contributed by atoms with Gasteiger partial charge in [-0.2, -0.15) is 0 Å². The third kappa shape index (κ3) is 4.36. The Kier molecular flexibility index (Phi) is 5.70. The lowest BCUT2D eigenvalue weighted by atomic mass is 9.69. The monoisotopic (exact) mass is 354 g/mol. The van der Waals surface area contributed by atoms with Gasteiger partial charge in [-0.1, -0.05) is 0 Å². The maximum atomic E-state index is 13.4. The van der Waals surface area contributed by atoms with Crippen molar-refractivity contribution in [2.24, 2.45) is 11.8 Å². The molecule has 0 amide bonds. The number of hydrogen-bond acceptors (Lipinski definition) is 2. The predicted molar refractivity (Wildman–Crippen MR) is 88.5 cm³/mol. The lowest BCUT2D eigenvalue weighted by Gasteiger charge is -2.37. The second kappa shape index (κ2) is 7.79. The molecule has 0 unspecified atom stereocenters. The summed E-state index contributed by atoms with van der Waals surface area (Å²) in [6.07, 6.45) is 7.92. The lowest BCUT2D eigenvalue weighted by molar-refractivity contribution is -0.148. The summed E-state index contributed by atoms with van der Waals surface area (Å²) in [7, 11) is 0. The molecule has 0 atom stereocenters. The standard InChI is InChI=1S/C20H25F3O2/c1-12(24)25-17-8-6-14(7-9-17)13-2-4-15(5-3-13)16-10-18(21)20(23)19(22)11-16/h10-11,13-15,17H,2-9H2,1H3. The van der Waals surface area contributed by atoms with Crippen LogP contribution in [0.1, 0.15) is 69.8 Å². The van der Waals surface area contributed by atoms with Crippen LogP contribution in [0, 0.1) is 29.3 Å². The lowest BCUT2D eigenvalue weighted by Crippen LogP contribution is -2.29. The van der Waals surface area contributed by atoms with Crippen LogP contribution in [0.4, 0.5) is 13.2 Å². The molecule has 1 aromatic carbocycles. The SMILES string of the molecule is CC(=O)OC1CCC(C2CCC(c3cc(F)c(F)c(F)c3)CC2)CC1. The van der Waals surface area contributed by atoms with Crippen molar-refractivity contribution >= 4 is 5.97 Å². The first-order valence-electron chi connectivity index (χ1n) is 9.25. The van der Waals surface area contributed by atoms with Crippen LogP contribution in [0.25, 0.3) is 0 Å². The number of esters is 1. The van der Waals surface area contributed by atoms with E-state index in [0.29, 0.717) is 17.4 Å². The van der Waals surface area contributed by atoms with E-state index in [9.17, 15) is 18.0 Å². The normalized spacial score (nSPS) is 30.1.